The molecule has 0 saturated heterocycles. The Hall–Kier alpha value is -2.72. The van der Waals surface area contributed by atoms with E-state index < -0.39 is 0 Å². The maximum atomic E-state index is 12.8. The second kappa shape index (κ2) is 9.47. The number of rotatable bonds is 8. The molecule has 1 amide bonds. The molecule has 0 aliphatic rings. The molecule has 3 rings (SSSR count). The highest BCUT2D eigenvalue weighted by Gasteiger charge is 2.19. The van der Waals surface area contributed by atoms with Gasteiger partial charge in [0.25, 0.3) is 5.91 Å². The van der Waals surface area contributed by atoms with E-state index in [1.807, 2.05) is 43.0 Å². The van der Waals surface area contributed by atoms with Gasteiger partial charge in [-0.25, -0.2) is 0 Å². The maximum Gasteiger partial charge on any atom is 0.261 e. The predicted molar refractivity (Wildman–Crippen MR) is 113 cm³/mol. The molecule has 1 heterocycles. The highest BCUT2D eigenvalue weighted by atomic mass is 35.5. The zero-order chi connectivity index (χ0) is 19.9. The van der Waals surface area contributed by atoms with E-state index in [4.69, 9.17) is 16.3 Å². The summed E-state index contributed by atoms with van der Waals surface area (Å²) in [5.41, 5.74) is 2.32. The van der Waals surface area contributed by atoms with Gasteiger partial charge in [0.1, 0.15) is 5.75 Å². The van der Waals surface area contributed by atoms with E-state index in [0.29, 0.717) is 17.3 Å². The minimum absolute atomic E-state index is 0.000787. The van der Waals surface area contributed by atoms with Gasteiger partial charge in [-0.05, 0) is 55.8 Å². The predicted octanol–water partition coefficient (Wildman–Crippen LogP) is 5.01. The van der Waals surface area contributed by atoms with Crippen molar-refractivity contribution < 1.29 is 9.53 Å². The zero-order valence-electron chi connectivity index (χ0n) is 16.2. The Balaban J connectivity index is 1.65. The van der Waals surface area contributed by atoms with E-state index in [0.717, 1.165) is 12.2 Å². The zero-order valence-corrected chi connectivity index (χ0v) is 17.0. The van der Waals surface area contributed by atoms with Crippen molar-refractivity contribution in [3.8, 4) is 5.75 Å². The highest BCUT2D eigenvalue weighted by molar-refractivity contribution is 6.30. The number of nitrogens with zero attached hydrogens (tertiary/aromatic N) is 2. The van der Waals surface area contributed by atoms with Crippen LogP contribution in [0.1, 0.15) is 25.1 Å². The van der Waals surface area contributed by atoms with Crippen LogP contribution in [0.5, 0.6) is 5.75 Å². The fraction of sp³-hybridized carbons (Fsp3) is 0.261. The fourth-order valence-corrected chi connectivity index (χ4v) is 3.15. The Kier molecular flexibility index (Phi) is 6.77. The quantitative estimate of drug-likeness (QED) is 0.536. The molecule has 3 aromatic rings. The summed E-state index contributed by atoms with van der Waals surface area (Å²) >= 11 is 5.89. The summed E-state index contributed by atoms with van der Waals surface area (Å²) in [7, 11) is 0. The van der Waals surface area contributed by atoms with E-state index in [-0.39, 0.29) is 18.6 Å². The van der Waals surface area contributed by atoms with E-state index in [2.05, 4.69) is 29.0 Å². The lowest BCUT2D eigenvalue weighted by molar-refractivity contribution is -0.135. The van der Waals surface area contributed by atoms with Gasteiger partial charge < -0.3 is 14.2 Å². The van der Waals surface area contributed by atoms with Gasteiger partial charge in [-0.3, -0.25) is 4.79 Å². The molecule has 2 aromatic carbocycles. The smallest absolute Gasteiger partial charge is 0.261 e. The van der Waals surface area contributed by atoms with Gasteiger partial charge in [0.15, 0.2) is 6.61 Å². The molecule has 0 radical (unpaired) electrons. The van der Waals surface area contributed by atoms with Gasteiger partial charge >= 0.3 is 0 Å². The third-order valence-electron chi connectivity index (χ3n) is 4.57. The van der Waals surface area contributed by atoms with Gasteiger partial charge in [-0.2, -0.15) is 0 Å². The van der Waals surface area contributed by atoms with Crippen LogP contribution in [0.2, 0.25) is 5.02 Å². The summed E-state index contributed by atoms with van der Waals surface area (Å²) in [4.78, 5) is 14.6. The molecule has 5 heteroatoms. The molecule has 0 bridgehead atoms. The van der Waals surface area contributed by atoms with Crippen LogP contribution in [-0.4, -0.2) is 28.0 Å². The molecule has 28 heavy (non-hydrogen) atoms. The van der Waals surface area contributed by atoms with Gasteiger partial charge in [-0.15, -0.1) is 0 Å². The number of ether oxygens (including phenoxy) is 1. The minimum Gasteiger partial charge on any atom is -0.484 e. The number of carbonyl (C=O) groups is 1. The van der Waals surface area contributed by atoms with E-state index in [9.17, 15) is 4.79 Å². The largest absolute Gasteiger partial charge is 0.484 e. The number of halogens is 1. The van der Waals surface area contributed by atoms with Gasteiger partial charge in [0.2, 0.25) is 0 Å². The lowest BCUT2D eigenvalue weighted by atomic mass is 10.2. The normalized spacial score (nSPS) is 10.9. The Bertz CT molecular complexity index is 888. The van der Waals surface area contributed by atoms with Gasteiger partial charge in [-0.1, -0.05) is 41.9 Å². The van der Waals surface area contributed by atoms with Crippen LogP contribution in [0, 0.1) is 0 Å². The Morgan fingerprint density at radius 1 is 1.04 bits per heavy atom. The summed E-state index contributed by atoms with van der Waals surface area (Å²) in [5.74, 6) is 0.589. The first kappa shape index (κ1) is 20.0. The Labute approximate surface area is 171 Å². The Morgan fingerprint density at radius 3 is 2.43 bits per heavy atom. The van der Waals surface area contributed by atoms with E-state index in [1.165, 1.54) is 5.56 Å². The van der Waals surface area contributed by atoms with Crippen molar-refractivity contribution in [1.29, 1.82) is 0 Å². The molecule has 0 spiro atoms. The van der Waals surface area contributed by atoms with Crippen molar-refractivity contribution in [3.05, 3.63) is 89.2 Å². The number of hydrogen-bond acceptors (Lipinski definition) is 2. The first-order valence-electron chi connectivity index (χ1n) is 9.38. The molecule has 0 saturated carbocycles. The van der Waals surface area contributed by atoms with Crippen LogP contribution in [0.3, 0.4) is 0 Å². The van der Waals surface area contributed by atoms with Crippen molar-refractivity contribution >= 4 is 17.5 Å². The van der Waals surface area contributed by atoms with Crippen LogP contribution in [0.15, 0.2) is 72.9 Å². The first-order valence-corrected chi connectivity index (χ1v) is 9.76. The molecule has 146 valence electrons. The first-order chi connectivity index (χ1) is 13.5. The highest BCUT2D eigenvalue weighted by Crippen LogP contribution is 2.17. The summed E-state index contributed by atoms with van der Waals surface area (Å²) in [6.45, 7) is 5.36. The average Bonchev–Trinajstić information content (AvgIpc) is 3.12. The third-order valence-corrected chi connectivity index (χ3v) is 4.82. The van der Waals surface area contributed by atoms with Crippen molar-refractivity contribution in [2.45, 2.75) is 33.0 Å². The minimum atomic E-state index is -0.0441. The SMILES string of the molecule is CC(C)N(Cc1cccn1Cc1ccccc1)C(=O)COc1ccc(Cl)cc1. The Morgan fingerprint density at radius 2 is 1.75 bits per heavy atom. The second-order valence-corrected chi connectivity index (χ2v) is 7.41. The number of benzene rings is 2. The molecule has 0 aliphatic heterocycles. The number of carbonyl (C=O) groups excluding carboxylic acids is 1. The average molecular weight is 397 g/mol. The van der Waals surface area contributed by atoms with Crippen molar-refractivity contribution in [2.75, 3.05) is 6.61 Å². The standard InChI is InChI=1S/C23H25ClN2O2/c1-18(2)26(23(27)17-28-22-12-10-20(24)11-13-22)16-21-9-6-14-25(21)15-19-7-4-3-5-8-19/h3-14,18H,15-17H2,1-2H3. The lowest BCUT2D eigenvalue weighted by Gasteiger charge is -2.27. The molecule has 0 atom stereocenters. The van der Waals surface area contributed by atoms with Gasteiger partial charge in [0, 0.05) is 29.5 Å². The van der Waals surface area contributed by atoms with Crippen molar-refractivity contribution in [3.63, 3.8) is 0 Å². The van der Waals surface area contributed by atoms with Crippen LogP contribution in [0.25, 0.3) is 0 Å². The van der Waals surface area contributed by atoms with Crippen molar-refractivity contribution in [1.82, 2.24) is 9.47 Å². The molecular weight excluding hydrogens is 372 g/mol. The second-order valence-electron chi connectivity index (χ2n) is 6.97. The molecule has 0 aliphatic carbocycles. The van der Waals surface area contributed by atoms with Crippen LogP contribution in [0.4, 0.5) is 0 Å². The number of amides is 1. The topological polar surface area (TPSA) is 34.5 Å². The van der Waals surface area contributed by atoms with Crippen LogP contribution >= 0.6 is 11.6 Å². The van der Waals surface area contributed by atoms with E-state index >= 15 is 0 Å². The molecule has 0 fully saturated rings. The van der Waals surface area contributed by atoms with Crippen LogP contribution < -0.4 is 4.74 Å². The fourth-order valence-electron chi connectivity index (χ4n) is 3.02. The summed E-state index contributed by atoms with van der Waals surface area (Å²) in [6, 6.07) is 21.5. The van der Waals surface area contributed by atoms with E-state index in [1.54, 1.807) is 24.3 Å². The number of hydrogen-bond donors (Lipinski definition) is 0. The summed E-state index contributed by atoms with van der Waals surface area (Å²) < 4.78 is 7.82. The van der Waals surface area contributed by atoms with Gasteiger partial charge in [0.05, 0.1) is 6.54 Å². The third kappa shape index (κ3) is 5.40. The number of aromatic nitrogens is 1. The maximum absolute atomic E-state index is 12.8. The molecule has 1 aromatic heterocycles. The van der Waals surface area contributed by atoms with Crippen molar-refractivity contribution in [2.24, 2.45) is 0 Å². The molecule has 0 unspecified atom stereocenters. The summed E-state index contributed by atoms with van der Waals surface area (Å²) in [5, 5.41) is 0.640. The molecule has 4 nitrogen and oxygen atoms in total. The lowest BCUT2D eigenvalue weighted by Crippen LogP contribution is -2.40. The molecular formula is C23H25ClN2O2. The summed E-state index contributed by atoms with van der Waals surface area (Å²) in [6.07, 6.45) is 2.05. The van der Waals surface area contributed by atoms with Crippen LogP contribution in [-0.2, 0) is 17.9 Å². The monoisotopic (exact) mass is 396 g/mol. The molecule has 0 N–H and O–H groups in total.